The molecule has 6 heteroatoms. The molecule has 3 aromatic rings. The van der Waals surface area contributed by atoms with Crippen molar-refractivity contribution in [1.29, 1.82) is 0 Å². The summed E-state index contributed by atoms with van der Waals surface area (Å²) in [6.07, 6.45) is 1.85. The molecular formula is C15H15N3O2S. The number of thiazole rings is 1. The topological polar surface area (TPSA) is 68.0 Å². The Labute approximate surface area is 125 Å². The van der Waals surface area contributed by atoms with Gasteiger partial charge in [0.05, 0.1) is 22.6 Å². The van der Waals surface area contributed by atoms with Crippen LogP contribution in [-0.2, 0) is 0 Å². The van der Waals surface area contributed by atoms with Crippen LogP contribution >= 0.6 is 11.3 Å². The Hall–Kier alpha value is -2.21. The molecule has 0 bridgehead atoms. The van der Waals surface area contributed by atoms with Gasteiger partial charge in [0.2, 0.25) is 0 Å². The monoisotopic (exact) mass is 301 g/mol. The maximum atomic E-state index is 11.2. The first kappa shape index (κ1) is 13.8. The predicted octanol–water partition coefficient (Wildman–Crippen LogP) is 3.42. The Morgan fingerprint density at radius 3 is 2.76 bits per heavy atom. The summed E-state index contributed by atoms with van der Waals surface area (Å²) in [6.45, 7) is 6.01. The number of aryl methyl sites for hydroxylation is 2. The lowest BCUT2D eigenvalue weighted by Gasteiger charge is -2.14. The first-order valence-electron chi connectivity index (χ1n) is 6.61. The molecule has 1 unspecified atom stereocenters. The molecule has 1 N–H and O–H groups in total. The number of benzene rings is 1. The molecule has 0 aliphatic carbocycles. The van der Waals surface area contributed by atoms with Gasteiger partial charge in [-0.2, -0.15) is 0 Å². The van der Waals surface area contributed by atoms with E-state index in [0.717, 1.165) is 26.7 Å². The highest BCUT2D eigenvalue weighted by atomic mass is 32.1. The summed E-state index contributed by atoms with van der Waals surface area (Å²) >= 11 is 1.65. The molecule has 0 radical (unpaired) electrons. The van der Waals surface area contributed by atoms with E-state index >= 15 is 0 Å². The molecule has 0 saturated heterocycles. The van der Waals surface area contributed by atoms with Crippen LogP contribution in [0.25, 0.3) is 11.0 Å². The third-order valence-electron chi connectivity index (χ3n) is 3.50. The normalized spacial score (nSPS) is 12.7. The van der Waals surface area contributed by atoms with Crippen molar-refractivity contribution in [2.45, 2.75) is 26.8 Å². The minimum Gasteiger partial charge on any atom is -0.478 e. The van der Waals surface area contributed by atoms with Crippen LogP contribution in [0.15, 0.2) is 24.4 Å². The molecule has 3 rings (SSSR count). The second kappa shape index (κ2) is 4.96. The highest BCUT2D eigenvalue weighted by molar-refractivity contribution is 7.11. The molecule has 0 spiro atoms. The third kappa shape index (κ3) is 2.31. The summed E-state index contributed by atoms with van der Waals surface area (Å²) in [5, 5.41) is 10.2. The van der Waals surface area contributed by atoms with Gasteiger partial charge in [0.25, 0.3) is 0 Å². The van der Waals surface area contributed by atoms with E-state index in [1.165, 1.54) is 0 Å². The summed E-state index contributed by atoms with van der Waals surface area (Å²) in [5.74, 6) is -0.0760. The van der Waals surface area contributed by atoms with E-state index in [9.17, 15) is 4.79 Å². The summed E-state index contributed by atoms with van der Waals surface area (Å²) in [6, 6.07) is 5.04. The summed E-state index contributed by atoms with van der Waals surface area (Å²) in [4.78, 5) is 21.3. The lowest BCUT2D eigenvalue weighted by atomic mass is 10.2. The van der Waals surface area contributed by atoms with Crippen LogP contribution in [0.2, 0.25) is 0 Å². The molecule has 108 valence electrons. The van der Waals surface area contributed by atoms with Crippen LogP contribution in [0.3, 0.4) is 0 Å². The van der Waals surface area contributed by atoms with E-state index in [4.69, 9.17) is 5.11 Å². The molecule has 21 heavy (non-hydrogen) atoms. The zero-order chi connectivity index (χ0) is 15.1. The van der Waals surface area contributed by atoms with E-state index in [-0.39, 0.29) is 11.6 Å². The van der Waals surface area contributed by atoms with Crippen LogP contribution in [0.5, 0.6) is 0 Å². The quantitative estimate of drug-likeness (QED) is 0.805. The molecule has 0 saturated carbocycles. The zero-order valence-electron chi connectivity index (χ0n) is 12.0. The number of hydrogen-bond acceptors (Lipinski definition) is 4. The fraction of sp³-hybridized carbons (Fsp3) is 0.267. The van der Waals surface area contributed by atoms with E-state index in [2.05, 4.69) is 16.9 Å². The van der Waals surface area contributed by atoms with Crippen LogP contribution in [0.4, 0.5) is 0 Å². The van der Waals surface area contributed by atoms with Gasteiger partial charge in [-0.3, -0.25) is 0 Å². The summed E-state index contributed by atoms with van der Waals surface area (Å²) in [5.41, 5.74) is 1.90. The van der Waals surface area contributed by atoms with Crippen LogP contribution in [-0.4, -0.2) is 25.6 Å². The average molecular weight is 301 g/mol. The number of fused-ring (bicyclic) bond motifs is 1. The first-order chi connectivity index (χ1) is 9.97. The maximum Gasteiger partial charge on any atom is 0.335 e. The van der Waals surface area contributed by atoms with Crippen molar-refractivity contribution in [3.63, 3.8) is 0 Å². The molecule has 1 aromatic carbocycles. The lowest BCUT2D eigenvalue weighted by Crippen LogP contribution is -2.08. The molecular weight excluding hydrogens is 286 g/mol. The fourth-order valence-electron chi connectivity index (χ4n) is 2.51. The Balaban J connectivity index is 2.18. The van der Waals surface area contributed by atoms with Crippen molar-refractivity contribution in [3.8, 4) is 0 Å². The van der Waals surface area contributed by atoms with Crippen molar-refractivity contribution in [1.82, 2.24) is 14.5 Å². The van der Waals surface area contributed by atoms with Gasteiger partial charge in [0.1, 0.15) is 10.8 Å². The Morgan fingerprint density at radius 2 is 2.14 bits per heavy atom. The van der Waals surface area contributed by atoms with Crippen LogP contribution < -0.4 is 0 Å². The van der Waals surface area contributed by atoms with E-state index < -0.39 is 5.97 Å². The van der Waals surface area contributed by atoms with E-state index in [0.29, 0.717) is 0 Å². The molecule has 0 aliphatic heterocycles. The van der Waals surface area contributed by atoms with E-state index in [1.54, 1.807) is 29.5 Å². The summed E-state index contributed by atoms with van der Waals surface area (Å²) in [7, 11) is 0. The van der Waals surface area contributed by atoms with Gasteiger partial charge in [-0.1, -0.05) is 0 Å². The largest absolute Gasteiger partial charge is 0.478 e. The first-order valence-corrected chi connectivity index (χ1v) is 7.43. The second-order valence-corrected chi connectivity index (χ2v) is 6.29. The molecule has 0 amide bonds. The van der Waals surface area contributed by atoms with Crippen LogP contribution in [0, 0.1) is 13.8 Å². The highest BCUT2D eigenvalue weighted by Crippen LogP contribution is 2.28. The van der Waals surface area contributed by atoms with Gasteiger partial charge in [-0.15, -0.1) is 11.3 Å². The van der Waals surface area contributed by atoms with Crippen molar-refractivity contribution in [2.24, 2.45) is 0 Å². The average Bonchev–Trinajstić information content (AvgIpc) is 3.00. The predicted molar refractivity (Wildman–Crippen MR) is 82.1 cm³/mol. The number of carbonyl (C=O) groups is 1. The number of carboxylic acids is 1. The number of nitrogens with zero attached hydrogens (tertiary/aromatic N) is 3. The molecule has 2 aromatic heterocycles. The Bertz CT molecular complexity index is 835. The van der Waals surface area contributed by atoms with Crippen LogP contribution in [0.1, 0.15) is 39.0 Å². The smallest absolute Gasteiger partial charge is 0.335 e. The number of hydrogen-bond donors (Lipinski definition) is 1. The fourth-order valence-corrected chi connectivity index (χ4v) is 3.33. The van der Waals surface area contributed by atoms with Gasteiger partial charge in [0, 0.05) is 11.1 Å². The number of rotatable bonds is 3. The van der Waals surface area contributed by atoms with E-state index in [1.807, 2.05) is 24.6 Å². The molecule has 5 nitrogen and oxygen atoms in total. The number of imidazole rings is 1. The highest BCUT2D eigenvalue weighted by Gasteiger charge is 2.18. The third-order valence-corrected chi connectivity index (χ3v) is 4.58. The lowest BCUT2D eigenvalue weighted by molar-refractivity contribution is 0.0697. The number of aromatic carboxylic acids is 1. The molecule has 0 aliphatic rings. The molecule has 2 heterocycles. The minimum absolute atomic E-state index is 0.0257. The number of carboxylic acid groups (broad SMARTS) is 1. The zero-order valence-corrected chi connectivity index (χ0v) is 12.8. The van der Waals surface area contributed by atoms with Gasteiger partial charge < -0.3 is 9.67 Å². The van der Waals surface area contributed by atoms with Crippen molar-refractivity contribution < 1.29 is 9.90 Å². The molecule has 1 atom stereocenters. The summed E-state index contributed by atoms with van der Waals surface area (Å²) < 4.78 is 2.04. The van der Waals surface area contributed by atoms with Gasteiger partial charge in [0.15, 0.2) is 0 Å². The van der Waals surface area contributed by atoms with Crippen molar-refractivity contribution >= 4 is 28.3 Å². The van der Waals surface area contributed by atoms with Crippen molar-refractivity contribution in [3.05, 3.63) is 45.7 Å². The minimum atomic E-state index is -0.931. The molecule has 0 fully saturated rings. The maximum absolute atomic E-state index is 11.2. The van der Waals surface area contributed by atoms with Crippen molar-refractivity contribution in [2.75, 3.05) is 0 Å². The van der Waals surface area contributed by atoms with Gasteiger partial charge in [-0.25, -0.2) is 14.8 Å². The SMILES string of the molecule is Cc1cnc(C(C)n2c(C)nc3ccc(C(=O)O)cc32)s1. The number of aromatic nitrogens is 3. The van der Waals surface area contributed by atoms with Gasteiger partial charge in [-0.05, 0) is 39.0 Å². The Morgan fingerprint density at radius 1 is 1.38 bits per heavy atom. The van der Waals surface area contributed by atoms with Gasteiger partial charge >= 0.3 is 5.97 Å². The second-order valence-electron chi connectivity index (χ2n) is 5.02. The standard InChI is InChI=1S/C15H15N3O2S/c1-8-7-16-14(21-8)9(2)18-10(3)17-12-5-4-11(15(19)20)6-13(12)18/h4-7,9H,1-3H3,(H,19,20). The Kier molecular flexibility index (Phi) is 3.25.